The van der Waals surface area contributed by atoms with Crippen molar-refractivity contribution in [2.75, 3.05) is 19.8 Å². The third-order valence-electron chi connectivity index (χ3n) is 6.65. The van der Waals surface area contributed by atoms with Gasteiger partial charge in [-0.2, -0.15) is 0 Å². The maximum Gasteiger partial charge on any atom is 0.237 e. The first-order valence-electron chi connectivity index (χ1n) is 11.0. The number of likely N-dealkylation sites (N-methyl/N-ethyl adjacent to an activating group) is 1. The fourth-order valence-corrected chi connectivity index (χ4v) is 5.51. The first-order chi connectivity index (χ1) is 14.8. The van der Waals surface area contributed by atoms with Crippen molar-refractivity contribution in [3.05, 3.63) is 18.7 Å². The van der Waals surface area contributed by atoms with Gasteiger partial charge in [0.2, 0.25) is 5.91 Å². The fraction of sp³-hybridized carbons (Fsp3) is 0.810. The van der Waals surface area contributed by atoms with Crippen molar-refractivity contribution >= 4 is 17.7 Å². The summed E-state index contributed by atoms with van der Waals surface area (Å²) >= 11 is 1.26. The van der Waals surface area contributed by atoms with Gasteiger partial charge in [-0.1, -0.05) is 13.3 Å². The Morgan fingerprint density at radius 1 is 1.32 bits per heavy atom. The molecule has 0 saturated carbocycles. The van der Waals surface area contributed by atoms with Gasteiger partial charge in [-0.3, -0.25) is 9.69 Å². The van der Waals surface area contributed by atoms with Gasteiger partial charge in [0, 0.05) is 18.9 Å². The second-order valence-corrected chi connectivity index (χ2v) is 9.74. The summed E-state index contributed by atoms with van der Waals surface area (Å²) in [5.41, 5.74) is -0.708. The van der Waals surface area contributed by atoms with Crippen molar-refractivity contribution in [3.8, 4) is 0 Å². The van der Waals surface area contributed by atoms with Crippen LogP contribution >= 0.6 is 11.8 Å². The van der Waals surface area contributed by atoms with Gasteiger partial charge in [0.1, 0.15) is 29.9 Å². The highest BCUT2D eigenvalue weighted by molar-refractivity contribution is 7.99. The summed E-state index contributed by atoms with van der Waals surface area (Å²) in [4.78, 5) is 19.5. The van der Waals surface area contributed by atoms with Gasteiger partial charge < -0.3 is 29.9 Å². The monoisotopic (exact) mass is 456 g/mol. The van der Waals surface area contributed by atoms with Crippen molar-refractivity contribution in [3.63, 3.8) is 0 Å². The molecule has 2 aliphatic rings. The number of nitrogens with one attached hydrogen (secondary N) is 1. The number of rotatable bonds is 8. The van der Waals surface area contributed by atoms with Crippen LogP contribution in [0.4, 0.5) is 0 Å². The predicted molar refractivity (Wildman–Crippen MR) is 118 cm³/mol. The van der Waals surface area contributed by atoms with Crippen LogP contribution in [0.15, 0.2) is 18.7 Å². The lowest BCUT2D eigenvalue weighted by Gasteiger charge is -2.45. The standard InChI is InChI=1S/C21H36N4O5S/c1-5-6-13-9-14(24(3)10-13)20(29)23-15(12(2)25-8-7-22-11-25)19-17(27)16(26)18(28)21(30-19)31-4/h7-8,11-19,21,26-28H,5-6,9-10H2,1-4H3,(H,23,29)/t12-,13+,14-,15+,16+,17?,18+,19+,21?/m0/s1. The molecule has 10 heteroatoms. The summed E-state index contributed by atoms with van der Waals surface area (Å²) < 4.78 is 7.84. The summed E-state index contributed by atoms with van der Waals surface area (Å²) in [5, 5.41) is 34.5. The molecule has 4 N–H and O–H groups in total. The molecule has 1 aromatic rings. The zero-order valence-corrected chi connectivity index (χ0v) is 19.5. The van der Waals surface area contributed by atoms with E-state index in [2.05, 4.69) is 22.1 Å². The van der Waals surface area contributed by atoms with Crippen LogP contribution in [0.3, 0.4) is 0 Å². The van der Waals surface area contributed by atoms with E-state index in [1.165, 1.54) is 11.8 Å². The van der Waals surface area contributed by atoms with Crippen LogP contribution in [0.1, 0.15) is 39.2 Å². The number of ether oxygens (including phenoxy) is 1. The summed E-state index contributed by atoms with van der Waals surface area (Å²) in [6.07, 6.45) is 5.01. The number of hydrogen-bond acceptors (Lipinski definition) is 8. The molecule has 0 radical (unpaired) electrons. The van der Waals surface area contributed by atoms with Crippen LogP contribution in [0, 0.1) is 5.92 Å². The Kier molecular flexibility index (Phi) is 8.39. The largest absolute Gasteiger partial charge is 0.388 e. The number of hydrogen-bond donors (Lipinski definition) is 4. The molecule has 2 fully saturated rings. The van der Waals surface area contributed by atoms with Crippen molar-refractivity contribution in [1.29, 1.82) is 0 Å². The Morgan fingerprint density at radius 2 is 2.06 bits per heavy atom. The van der Waals surface area contributed by atoms with E-state index in [1.54, 1.807) is 25.0 Å². The molecule has 31 heavy (non-hydrogen) atoms. The minimum Gasteiger partial charge on any atom is -0.388 e. The van der Waals surface area contributed by atoms with Gasteiger partial charge in [-0.15, -0.1) is 11.8 Å². The van der Waals surface area contributed by atoms with Crippen molar-refractivity contribution in [1.82, 2.24) is 19.8 Å². The molecule has 3 heterocycles. The molecule has 1 aromatic heterocycles. The van der Waals surface area contributed by atoms with E-state index < -0.39 is 35.9 Å². The SMILES string of the molecule is CCC[C@@H]1C[C@@H](C(=O)N[C@@H]([C@H]2OC(SC)[C@H](O)[C@H](O)C2O)[C@H](C)n2ccnc2)N(C)C1. The number of amides is 1. The number of carbonyl (C=O) groups is 1. The molecule has 3 rings (SSSR count). The van der Waals surface area contributed by atoms with Crippen molar-refractivity contribution < 1.29 is 24.9 Å². The summed E-state index contributed by atoms with van der Waals surface area (Å²) in [7, 11) is 1.96. The molecule has 0 aliphatic carbocycles. The number of thioether (sulfide) groups is 1. The molecule has 176 valence electrons. The molecule has 2 aliphatic heterocycles. The van der Waals surface area contributed by atoms with Crippen LogP contribution in [-0.2, 0) is 9.53 Å². The molecule has 1 amide bonds. The average Bonchev–Trinajstić information content (AvgIpc) is 3.41. The molecule has 2 saturated heterocycles. The van der Waals surface area contributed by atoms with E-state index in [9.17, 15) is 20.1 Å². The highest BCUT2D eigenvalue weighted by Crippen LogP contribution is 2.32. The van der Waals surface area contributed by atoms with Crippen molar-refractivity contribution in [2.45, 2.75) is 81.1 Å². The van der Waals surface area contributed by atoms with Crippen LogP contribution in [0.5, 0.6) is 0 Å². The highest BCUT2D eigenvalue weighted by atomic mass is 32.2. The Balaban J connectivity index is 1.82. The summed E-state index contributed by atoms with van der Waals surface area (Å²) in [6.45, 7) is 4.95. The molecule has 2 unspecified atom stereocenters. The maximum absolute atomic E-state index is 13.3. The third-order valence-corrected chi connectivity index (χ3v) is 7.51. The van der Waals surface area contributed by atoms with Gasteiger partial charge in [0.15, 0.2) is 0 Å². The van der Waals surface area contributed by atoms with Gasteiger partial charge >= 0.3 is 0 Å². The van der Waals surface area contributed by atoms with E-state index in [4.69, 9.17) is 4.74 Å². The van der Waals surface area contributed by atoms with Gasteiger partial charge in [0.25, 0.3) is 0 Å². The van der Waals surface area contributed by atoms with Crippen LogP contribution in [0.2, 0.25) is 0 Å². The Labute approximate surface area is 188 Å². The molecular weight excluding hydrogens is 420 g/mol. The minimum atomic E-state index is -1.37. The lowest BCUT2D eigenvalue weighted by molar-refractivity contribution is -0.207. The Bertz CT molecular complexity index is 706. The minimum absolute atomic E-state index is 0.116. The zero-order valence-electron chi connectivity index (χ0n) is 18.7. The lowest BCUT2D eigenvalue weighted by atomic mass is 9.90. The maximum atomic E-state index is 13.3. The third kappa shape index (κ3) is 5.26. The number of aliphatic hydroxyl groups is 3. The first kappa shape index (κ1) is 24.5. The van der Waals surface area contributed by atoms with E-state index >= 15 is 0 Å². The number of likely N-dealkylation sites (tertiary alicyclic amines) is 1. The molecule has 9 nitrogen and oxygen atoms in total. The molecule has 0 aromatic carbocycles. The topological polar surface area (TPSA) is 120 Å². The lowest BCUT2D eigenvalue weighted by Crippen LogP contribution is -2.64. The molecule has 0 spiro atoms. The number of carbonyl (C=O) groups excluding carboxylic acids is 1. The van der Waals surface area contributed by atoms with E-state index in [0.717, 1.165) is 25.8 Å². The van der Waals surface area contributed by atoms with Gasteiger partial charge in [0.05, 0.1) is 24.5 Å². The van der Waals surface area contributed by atoms with Crippen LogP contribution in [-0.4, -0.2) is 97.5 Å². The van der Waals surface area contributed by atoms with E-state index in [0.29, 0.717) is 5.92 Å². The van der Waals surface area contributed by atoms with Crippen LogP contribution < -0.4 is 5.32 Å². The first-order valence-corrected chi connectivity index (χ1v) is 12.3. The van der Waals surface area contributed by atoms with Crippen molar-refractivity contribution in [2.24, 2.45) is 5.92 Å². The number of aromatic nitrogens is 2. The van der Waals surface area contributed by atoms with Crippen LogP contribution in [0.25, 0.3) is 0 Å². The Hall–Kier alpha value is -1.17. The van der Waals surface area contributed by atoms with Gasteiger partial charge in [-0.05, 0) is 39.0 Å². The molecular formula is C21H36N4O5S. The number of aliphatic hydroxyl groups excluding tert-OH is 3. The van der Waals surface area contributed by atoms with E-state index in [1.807, 2.05) is 18.5 Å². The predicted octanol–water partition coefficient (Wildman–Crippen LogP) is 0.220. The molecule has 0 bridgehead atoms. The second-order valence-electron chi connectivity index (χ2n) is 8.81. The zero-order chi connectivity index (χ0) is 22.7. The second kappa shape index (κ2) is 10.6. The highest BCUT2D eigenvalue weighted by Gasteiger charge is 2.49. The normalized spacial score (nSPS) is 36.3. The van der Waals surface area contributed by atoms with Gasteiger partial charge in [-0.25, -0.2) is 4.98 Å². The Morgan fingerprint density at radius 3 is 2.68 bits per heavy atom. The number of imidazole rings is 1. The van der Waals surface area contributed by atoms with E-state index in [-0.39, 0.29) is 18.0 Å². The fourth-order valence-electron chi connectivity index (χ4n) is 4.83. The summed E-state index contributed by atoms with van der Waals surface area (Å²) in [5.74, 6) is 0.375. The molecule has 9 atom stereocenters. The number of nitrogens with zero attached hydrogens (tertiary/aromatic N) is 3. The smallest absolute Gasteiger partial charge is 0.237 e. The average molecular weight is 457 g/mol. The summed E-state index contributed by atoms with van der Waals surface area (Å²) in [6, 6.07) is -1.18. The quantitative estimate of drug-likeness (QED) is 0.439.